The lowest BCUT2D eigenvalue weighted by atomic mass is 10.2. The molecule has 4 heteroatoms. The number of unbranched alkanes of at least 4 members (excludes halogenated alkanes) is 1. The molecule has 0 atom stereocenters. The molecule has 2 aromatic rings. The molecule has 1 aromatic carbocycles. The minimum Gasteiger partial charge on any atom is -0.494 e. The van der Waals surface area contributed by atoms with Gasteiger partial charge in [0, 0.05) is 6.07 Å². The Labute approximate surface area is 112 Å². The van der Waals surface area contributed by atoms with E-state index < -0.39 is 0 Å². The van der Waals surface area contributed by atoms with Gasteiger partial charge in [0.25, 0.3) is 0 Å². The lowest BCUT2D eigenvalue weighted by Crippen LogP contribution is -2.13. The van der Waals surface area contributed by atoms with Crippen LogP contribution in [-0.4, -0.2) is 32.1 Å². The average Bonchev–Trinajstić information content (AvgIpc) is 2.39. The zero-order valence-electron chi connectivity index (χ0n) is 11.4. The number of hydrogen-bond acceptors (Lipinski definition) is 4. The zero-order valence-corrected chi connectivity index (χ0v) is 11.4. The number of benzene rings is 1. The summed E-state index contributed by atoms with van der Waals surface area (Å²) in [6.45, 7) is 1.72. The van der Waals surface area contributed by atoms with Gasteiger partial charge in [-0.05, 0) is 51.7 Å². The lowest BCUT2D eigenvalue weighted by molar-refractivity contribution is 0.293. The molecule has 102 valence electrons. The van der Waals surface area contributed by atoms with Crippen molar-refractivity contribution >= 4 is 11.0 Å². The van der Waals surface area contributed by atoms with Crippen LogP contribution in [0.2, 0.25) is 0 Å². The van der Waals surface area contributed by atoms with Gasteiger partial charge in [-0.2, -0.15) is 0 Å². The largest absolute Gasteiger partial charge is 0.494 e. The van der Waals surface area contributed by atoms with E-state index in [-0.39, 0.29) is 5.43 Å². The second-order valence-corrected chi connectivity index (χ2v) is 4.80. The topological polar surface area (TPSA) is 42.7 Å². The Bertz CT molecular complexity index is 589. The SMILES string of the molecule is CN(C)CCCCOc1ccc2occc(=O)c2c1. The average molecular weight is 261 g/mol. The molecule has 0 amide bonds. The van der Waals surface area contributed by atoms with Crippen molar-refractivity contribution in [3.05, 3.63) is 40.8 Å². The van der Waals surface area contributed by atoms with Crippen molar-refractivity contribution < 1.29 is 9.15 Å². The Hall–Kier alpha value is -1.81. The van der Waals surface area contributed by atoms with Crippen LogP contribution in [0.15, 0.2) is 39.7 Å². The van der Waals surface area contributed by atoms with E-state index in [2.05, 4.69) is 19.0 Å². The van der Waals surface area contributed by atoms with E-state index in [4.69, 9.17) is 9.15 Å². The van der Waals surface area contributed by atoms with Crippen LogP contribution in [0.4, 0.5) is 0 Å². The summed E-state index contributed by atoms with van der Waals surface area (Å²) in [5.74, 6) is 0.718. The molecular weight excluding hydrogens is 242 g/mol. The summed E-state index contributed by atoms with van der Waals surface area (Å²) in [5, 5.41) is 0.563. The predicted octanol–water partition coefficient (Wildman–Crippen LogP) is 2.51. The maximum absolute atomic E-state index is 11.7. The fourth-order valence-corrected chi connectivity index (χ4v) is 1.87. The summed E-state index contributed by atoms with van der Waals surface area (Å²) in [6.07, 6.45) is 3.51. The standard InChI is InChI=1S/C15H19NO3/c1-16(2)8-3-4-9-18-12-5-6-15-13(11-12)14(17)7-10-19-15/h5-7,10-11H,3-4,8-9H2,1-2H3. The van der Waals surface area contributed by atoms with Gasteiger partial charge in [-0.3, -0.25) is 4.79 Å². The summed E-state index contributed by atoms with van der Waals surface area (Å²) >= 11 is 0. The van der Waals surface area contributed by atoms with Crippen molar-refractivity contribution in [3.8, 4) is 5.75 Å². The summed E-state index contributed by atoms with van der Waals surface area (Å²) in [6, 6.07) is 6.76. The van der Waals surface area contributed by atoms with E-state index in [1.54, 1.807) is 12.1 Å². The van der Waals surface area contributed by atoms with E-state index in [9.17, 15) is 4.79 Å². The summed E-state index contributed by atoms with van der Waals surface area (Å²) in [5.41, 5.74) is 0.548. The van der Waals surface area contributed by atoms with E-state index in [0.29, 0.717) is 17.6 Å². The molecule has 0 N–H and O–H groups in total. The van der Waals surface area contributed by atoms with Gasteiger partial charge in [-0.25, -0.2) is 0 Å². The molecule has 0 spiro atoms. The number of ether oxygens (including phenoxy) is 1. The monoisotopic (exact) mass is 261 g/mol. The normalized spacial score (nSPS) is 11.1. The molecule has 1 aromatic heterocycles. The number of nitrogens with zero attached hydrogens (tertiary/aromatic N) is 1. The molecule has 0 bridgehead atoms. The fourth-order valence-electron chi connectivity index (χ4n) is 1.87. The van der Waals surface area contributed by atoms with E-state index >= 15 is 0 Å². The quantitative estimate of drug-likeness (QED) is 0.749. The highest BCUT2D eigenvalue weighted by atomic mass is 16.5. The van der Waals surface area contributed by atoms with Gasteiger partial charge in [0.05, 0.1) is 18.3 Å². The van der Waals surface area contributed by atoms with Crippen molar-refractivity contribution in [2.75, 3.05) is 27.2 Å². The second kappa shape index (κ2) is 6.38. The van der Waals surface area contributed by atoms with Gasteiger partial charge < -0.3 is 14.1 Å². The van der Waals surface area contributed by atoms with Gasteiger partial charge >= 0.3 is 0 Å². The third-order valence-corrected chi connectivity index (χ3v) is 2.90. The Morgan fingerprint density at radius 2 is 2.05 bits per heavy atom. The Balaban J connectivity index is 1.94. The molecule has 0 aliphatic heterocycles. The van der Waals surface area contributed by atoms with Crippen LogP contribution in [0.3, 0.4) is 0 Å². The van der Waals surface area contributed by atoms with Crippen molar-refractivity contribution in [3.63, 3.8) is 0 Å². The van der Waals surface area contributed by atoms with Gasteiger partial charge in [-0.1, -0.05) is 0 Å². The van der Waals surface area contributed by atoms with Gasteiger partial charge in [0.15, 0.2) is 5.43 Å². The van der Waals surface area contributed by atoms with Crippen molar-refractivity contribution in [1.29, 1.82) is 0 Å². The highest BCUT2D eigenvalue weighted by molar-refractivity contribution is 5.77. The van der Waals surface area contributed by atoms with Crippen LogP contribution < -0.4 is 10.2 Å². The molecule has 0 saturated carbocycles. The summed E-state index contributed by atoms with van der Waals surface area (Å²) < 4.78 is 10.9. The third-order valence-electron chi connectivity index (χ3n) is 2.90. The number of hydrogen-bond donors (Lipinski definition) is 0. The minimum absolute atomic E-state index is 0.0423. The molecule has 0 radical (unpaired) electrons. The van der Waals surface area contributed by atoms with Gasteiger partial charge in [-0.15, -0.1) is 0 Å². The Morgan fingerprint density at radius 1 is 1.21 bits per heavy atom. The second-order valence-electron chi connectivity index (χ2n) is 4.80. The molecule has 0 saturated heterocycles. The van der Waals surface area contributed by atoms with E-state index in [1.807, 2.05) is 6.07 Å². The highest BCUT2D eigenvalue weighted by Crippen LogP contribution is 2.18. The molecule has 0 aliphatic rings. The third kappa shape index (κ3) is 3.83. The van der Waals surface area contributed by atoms with Crippen LogP contribution in [-0.2, 0) is 0 Å². The first-order chi connectivity index (χ1) is 9.16. The van der Waals surface area contributed by atoms with E-state index in [1.165, 1.54) is 12.3 Å². The maximum atomic E-state index is 11.7. The first kappa shape index (κ1) is 13.6. The molecule has 0 fully saturated rings. The molecule has 1 heterocycles. The van der Waals surface area contributed by atoms with Crippen molar-refractivity contribution in [2.45, 2.75) is 12.8 Å². The molecule has 2 rings (SSSR count). The smallest absolute Gasteiger partial charge is 0.192 e. The van der Waals surface area contributed by atoms with Gasteiger partial charge in [0.1, 0.15) is 11.3 Å². The first-order valence-electron chi connectivity index (χ1n) is 6.46. The molecule has 19 heavy (non-hydrogen) atoms. The number of fused-ring (bicyclic) bond motifs is 1. The highest BCUT2D eigenvalue weighted by Gasteiger charge is 2.02. The minimum atomic E-state index is -0.0423. The Kier molecular flexibility index (Phi) is 4.58. The predicted molar refractivity (Wildman–Crippen MR) is 75.8 cm³/mol. The summed E-state index contributed by atoms with van der Waals surface area (Å²) in [7, 11) is 4.12. The fraction of sp³-hybridized carbons (Fsp3) is 0.400. The molecule has 0 unspecified atom stereocenters. The van der Waals surface area contributed by atoms with E-state index in [0.717, 1.165) is 25.1 Å². The molecule has 4 nitrogen and oxygen atoms in total. The zero-order chi connectivity index (χ0) is 13.7. The van der Waals surface area contributed by atoms with Crippen molar-refractivity contribution in [2.24, 2.45) is 0 Å². The number of rotatable bonds is 6. The van der Waals surface area contributed by atoms with Crippen LogP contribution in [0.25, 0.3) is 11.0 Å². The van der Waals surface area contributed by atoms with Crippen molar-refractivity contribution in [1.82, 2.24) is 4.90 Å². The molecule has 0 aliphatic carbocycles. The van der Waals surface area contributed by atoms with Gasteiger partial charge in [0.2, 0.25) is 0 Å². The Morgan fingerprint density at radius 3 is 2.84 bits per heavy atom. The summed E-state index contributed by atoms with van der Waals surface area (Å²) in [4.78, 5) is 13.8. The molecular formula is C15H19NO3. The van der Waals surface area contributed by atoms with Crippen LogP contribution in [0.1, 0.15) is 12.8 Å². The maximum Gasteiger partial charge on any atom is 0.192 e. The van der Waals surface area contributed by atoms with Crippen LogP contribution in [0.5, 0.6) is 5.75 Å². The lowest BCUT2D eigenvalue weighted by Gasteiger charge is -2.10. The van der Waals surface area contributed by atoms with Crippen LogP contribution in [0, 0.1) is 0 Å². The van der Waals surface area contributed by atoms with Crippen LogP contribution >= 0.6 is 0 Å². The first-order valence-corrected chi connectivity index (χ1v) is 6.46.